The summed E-state index contributed by atoms with van der Waals surface area (Å²) in [5.74, 6) is 1.05. The quantitative estimate of drug-likeness (QED) is 0.822. The van der Waals surface area contributed by atoms with Crippen molar-refractivity contribution in [3.8, 4) is 0 Å². The van der Waals surface area contributed by atoms with E-state index in [9.17, 15) is 4.79 Å². The lowest BCUT2D eigenvalue weighted by atomic mass is 9.94. The molecule has 0 bridgehead atoms. The Morgan fingerprint density at radius 3 is 3.00 bits per heavy atom. The fourth-order valence-electron chi connectivity index (χ4n) is 2.44. The van der Waals surface area contributed by atoms with Gasteiger partial charge in [-0.25, -0.2) is 0 Å². The third kappa shape index (κ3) is 3.28. The number of amides is 1. The topological polar surface area (TPSA) is 46.1 Å². The number of piperidine rings is 1. The average molecular weight is 247 g/mol. The fourth-order valence-corrected chi connectivity index (χ4v) is 2.44. The van der Waals surface area contributed by atoms with E-state index in [0.29, 0.717) is 18.3 Å². The van der Waals surface area contributed by atoms with Crippen LogP contribution in [0.2, 0.25) is 0 Å². The summed E-state index contributed by atoms with van der Waals surface area (Å²) in [5.41, 5.74) is 1.01. The van der Waals surface area contributed by atoms with Crippen LogP contribution in [0.3, 0.4) is 0 Å². The first-order valence-electron chi connectivity index (χ1n) is 6.70. The lowest BCUT2D eigenvalue weighted by Crippen LogP contribution is -2.39. The van der Waals surface area contributed by atoms with Gasteiger partial charge in [-0.15, -0.1) is 0 Å². The molecule has 2 rings (SSSR count). The predicted octanol–water partition coefficient (Wildman–Crippen LogP) is 2.23. The molecule has 98 valence electrons. The molecule has 18 heavy (non-hydrogen) atoms. The number of rotatable bonds is 3. The molecule has 4 nitrogen and oxygen atoms in total. The van der Waals surface area contributed by atoms with Crippen LogP contribution in [0.25, 0.3) is 0 Å². The Morgan fingerprint density at radius 1 is 1.50 bits per heavy atom. The summed E-state index contributed by atoms with van der Waals surface area (Å²) in [6, 6.07) is 0. The standard InChI is InChI=1S/C14H21N3O/c1-11(2)8-14(18)17-7-3-4-12(10-17)13-9-15-5-6-16-13/h5-6,9,11-12H,3-4,7-8,10H2,1-2H3. The summed E-state index contributed by atoms with van der Waals surface area (Å²) in [4.78, 5) is 22.5. The van der Waals surface area contributed by atoms with Crippen molar-refractivity contribution in [1.82, 2.24) is 14.9 Å². The molecular weight excluding hydrogens is 226 g/mol. The number of aromatic nitrogens is 2. The zero-order valence-electron chi connectivity index (χ0n) is 11.2. The Morgan fingerprint density at radius 2 is 2.33 bits per heavy atom. The third-order valence-corrected chi connectivity index (χ3v) is 3.36. The minimum Gasteiger partial charge on any atom is -0.342 e. The lowest BCUT2D eigenvalue weighted by Gasteiger charge is -2.32. The highest BCUT2D eigenvalue weighted by molar-refractivity contribution is 5.76. The molecule has 1 atom stereocenters. The normalized spacial score (nSPS) is 20.2. The summed E-state index contributed by atoms with van der Waals surface area (Å²) in [6.07, 6.45) is 8.04. The highest BCUT2D eigenvalue weighted by Gasteiger charge is 2.25. The zero-order chi connectivity index (χ0) is 13.0. The number of carbonyl (C=O) groups excluding carboxylic acids is 1. The van der Waals surface area contributed by atoms with Gasteiger partial charge in [-0.05, 0) is 18.8 Å². The molecule has 1 amide bonds. The first-order chi connectivity index (χ1) is 8.66. The van der Waals surface area contributed by atoms with Crippen molar-refractivity contribution in [2.75, 3.05) is 13.1 Å². The summed E-state index contributed by atoms with van der Waals surface area (Å²) in [5, 5.41) is 0. The van der Waals surface area contributed by atoms with Gasteiger partial charge < -0.3 is 4.90 Å². The Labute approximate surface area is 108 Å². The molecule has 0 spiro atoms. The lowest BCUT2D eigenvalue weighted by molar-refractivity contribution is -0.133. The summed E-state index contributed by atoms with van der Waals surface area (Å²) >= 11 is 0. The highest BCUT2D eigenvalue weighted by Crippen LogP contribution is 2.25. The van der Waals surface area contributed by atoms with Crippen LogP contribution in [-0.2, 0) is 4.79 Å². The van der Waals surface area contributed by atoms with Gasteiger partial charge in [0, 0.05) is 44.0 Å². The van der Waals surface area contributed by atoms with Gasteiger partial charge in [0.2, 0.25) is 5.91 Å². The number of nitrogens with zero attached hydrogens (tertiary/aromatic N) is 3. The van der Waals surface area contributed by atoms with Gasteiger partial charge >= 0.3 is 0 Å². The fraction of sp³-hybridized carbons (Fsp3) is 0.643. The smallest absolute Gasteiger partial charge is 0.222 e. The average Bonchev–Trinajstić information content (AvgIpc) is 2.39. The second kappa shape index (κ2) is 5.94. The van der Waals surface area contributed by atoms with Crippen LogP contribution in [0.5, 0.6) is 0 Å². The predicted molar refractivity (Wildman–Crippen MR) is 70.0 cm³/mol. The van der Waals surface area contributed by atoms with Gasteiger partial charge in [0.15, 0.2) is 0 Å². The largest absolute Gasteiger partial charge is 0.342 e. The summed E-state index contributed by atoms with van der Waals surface area (Å²) < 4.78 is 0. The van der Waals surface area contributed by atoms with E-state index in [4.69, 9.17) is 0 Å². The van der Waals surface area contributed by atoms with E-state index in [1.54, 1.807) is 12.4 Å². The molecule has 1 unspecified atom stereocenters. The molecule has 0 aliphatic carbocycles. The van der Waals surface area contributed by atoms with Crippen molar-refractivity contribution >= 4 is 5.91 Å². The van der Waals surface area contributed by atoms with Crippen molar-refractivity contribution in [1.29, 1.82) is 0 Å². The molecule has 1 aliphatic rings. The summed E-state index contributed by atoms with van der Waals surface area (Å²) in [7, 11) is 0. The summed E-state index contributed by atoms with van der Waals surface area (Å²) in [6.45, 7) is 5.86. The minimum absolute atomic E-state index is 0.276. The van der Waals surface area contributed by atoms with Gasteiger partial charge in [0.25, 0.3) is 0 Å². The number of hydrogen-bond acceptors (Lipinski definition) is 3. The van der Waals surface area contributed by atoms with E-state index in [0.717, 1.165) is 31.6 Å². The molecule has 0 N–H and O–H groups in total. The van der Waals surface area contributed by atoms with Crippen LogP contribution in [0.4, 0.5) is 0 Å². The Bertz CT molecular complexity index is 391. The van der Waals surface area contributed by atoms with Crippen molar-refractivity contribution < 1.29 is 4.79 Å². The Kier molecular flexibility index (Phi) is 4.28. The van der Waals surface area contributed by atoms with Crippen molar-refractivity contribution in [2.45, 2.75) is 39.0 Å². The van der Waals surface area contributed by atoms with Crippen LogP contribution in [0.15, 0.2) is 18.6 Å². The molecule has 1 fully saturated rings. The minimum atomic E-state index is 0.276. The van der Waals surface area contributed by atoms with E-state index < -0.39 is 0 Å². The zero-order valence-corrected chi connectivity index (χ0v) is 11.2. The van der Waals surface area contributed by atoms with E-state index in [-0.39, 0.29) is 5.91 Å². The van der Waals surface area contributed by atoms with Crippen LogP contribution < -0.4 is 0 Å². The monoisotopic (exact) mass is 247 g/mol. The number of carbonyl (C=O) groups is 1. The number of hydrogen-bond donors (Lipinski definition) is 0. The maximum Gasteiger partial charge on any atom is 0.222 e. The second-order valence-corrected chi connectivity index (χ2v) is 5.41. The maximum atomic E-state index is 12.1. The molecule has 0 saturated carbocycles. The van der Waals surface area contributed by atoms with E-state index in [1.165, 1.54) is 0 Å². The first kappa shape index (κ1) is 13.0. The van der Waals surface area contributed by atoms with Crippen LogP contribution in [0.1, 0.15) is 44.7 Å². The molecule has 0 radical (unpaired) electrons. The van der Waals surface area contributed by atoms with E-state index in [2.05, 4.69) is 23.8 Å². The molecule has 1 aromatic heterocycles. The molecule has 1 aliphatic heterocycles. The SMILES string of the molecule is CC(C)CC(=O)N1CCCC(c2cnccn2)C1. The van der Waals surface area contributed by atoms with Crippen LogP contribution >= 0.6 is 0 Å². The number of likely N-dealkylation sites (tertiary alicyclic amines) is 1. The second-order valence-electron chi connectivity index (χ2n) is 5.41. The van der Waals surface area contributed by atoms with Crippen molar-refractivity contribution in [3.05, 3.63) is 24.3 Å². The highest BCUT2D eigenvalue weighted by atomic mass is 16.2. The molecule has 4 heteroatoms. The van der Waals surface area contributed by atoms with E-state index in [1.807, 2.05) is 11.1 Å². The molecular formula is C14H21N3O. The van der Waals surface area contributed by atoms with Crippen LogP contribution in [0, 0.1) is 5.92 Å². The molecule has 1 saturated heterocycles. The first-order valence-corrected chi connectivity index (χ1v) is 6.70. The van der Waals surface area contributed by atoms with Gasteiger partial charge in [0.05, 0.1) is 5.69 Å². The Balaban J connectivity index is 1.98. The van der Waals surface area contributed by atoms with Crippen molar-refractivity contribution in [3.63, 3.8) is 0 Å². The maximum absolute atomic E-state index is 12.1. The van der Waals surface area contributed by atoms with E-state index >= 15 is 0 Å². The van der Waals surface area contributed by atoms with Gasteiger partial charge in [-0.1, -0.05) is 13.8 Å². The third-order valence-electron chi connectivity index (χ3n) is 3.36. The van der Waals surface area contributed by atoms with Gasteiger partial charge in [0.1, 0.15) is 0 Å². The Hall–Kier alpha value is -1.45. The molecule has 1 aromatic rings. The van der Waals surface area contributed by atoms with Crippen molar-refractivity contribution in [2.24, 2.45) is 5.92 Å². The van der Waals surface area contributed by atoms with Gasteiger partial charge in [-0.3, -0.25) is 14.8 Å². The van der Waals surface area contributed by atoms with Gasteiger partial charge in [-0.2, -0.15) is 0 Å². The molecule has 2 heterocycles. The molecule has 0 aromatic carbocycles. The van der Waals surface area contributed by atoms with Crippen LogP contribution in [-0.4, -0.2) is 33.9 Å².